The van der Waals surface area contributed by atoms with Crippen molar-refractivity contribution < 1.29 is 45.5 Å². The molecule has 2 aliphatic rings. The van der Waals surface area contributed by atoms with E-state index < -0.39 is 53.0 Å². The lowest BCUT2D eigenvalue weighted by Crippen LogP contribution is -2.47. The summed E-state index contributed by atoms with van der Waals surface area (Å²) in [6.45, 7) is 1.76. The van der Waals surface area contributed by atoms with Crippen LogP contribution in [0.3, 0.4) is 0 Å². The summed E-state index contributed by atoms with van der Waals surface area (Å²) in [5.74, 6) is -2.23. The smallest absolute Gasteiger partial charge is 0.416 e. The Hall–Kier alpha value is -4.35. The van der Waals surface area contributed by atoms with Crippen LogP contribution < -0.4 is 10.1 Å². The predicted molar refractivity (Wildman–Crippen MR) is 132 cm³/mol. The van der Waals surface area contributed by atoms with E-state index in [0.717, 1.165) is 30.3 Å². The number of alkyl halides is 6. The molecule has 0 radical (unpaired) electrons. The van der Waals surface area contributed by atoms with Crippen molar-refractivity contribution in [1.29, 1.82) is 0 Å². The van der Waals surface area contributed by atoms with Crippen LogP contribution in [0.1, 0.15) is 63.2 Å². The first-order valence-corrected chi connectivity index (χ1v) is 12.4. The molecular formula is C29H22F6N2O4. The van der Waals surface area contributed by atoms with Crippen molar-refractivity contribution in [1.82, 2.24) is 10.2 Å². The molecule has 0 aromatic heterocycles. The summed E-state index contributed by atoms with van der Waals surface area (Å²) in [5.41, 5.74) is -3.16. The Bertz CT molecular complexity index is 1540. The quantitative estimate of drug-likeness (QED) is 0.222. The van der Waals surface area contributed by atoms with Gasteiger partial charge in [0.2, 0.25) is 5.91 Å². The lowest BCUT2D eigenvalue weighted by Gasteiger charge is -2.32. The normalized spacial score (nSPS) is 22.3. The number of esters is 1. The fourth-order valence-corrected chi connectivity index (χ4v) is 5.48. The maximum Gasteiger partial charge on any atom is 0.416 e. The molecule has 41 heavy (non-hydrogen) atoms. The van der Waals surface area contributed by atoms with Crippen molar-refractivity contribution in [2.24, 2.45) is 5.41 Å². The van der Waals surface area contributed by atoms with E-state index in [1.54, 1.807) is 19.1 Å². The molecule has 0 spiro atoms. The number of rotatable bonds is 4. The lowest BCUT2D eigenvalue weighted by atomic mass is 9.83. The number of amides is 2. The summed E-state index contributed by atoms with van der Waals surface area (Å²) >= 11 is 0. The van der Waals surface area contributed by atoms with E-state index in [4.69, 9.17) is 4.74 Å². The summed E-state index contributed by atoms with van der Waals surface area (Å²) in [4.78, 5) is 40.3. The maximum absolute atomic E-state index is 13.8. The summed E-state index contributed by atoms with van der Waals surface area (Å²) in [6.07, 6.45) is -10.00. The highest BCUT2D eigenvalue weighted by Crippen LogP contribution is 2.53. The molecule has 1 N–H and O–H groups in total. The Balaban J connectivity index is 1.52. The highest BCUT2D eigenvalue weighted by molar-refractivity contribution is 5.96. The molecule has 2 fully saturated rings. The van der Waals surface area contributed by atoms with Gasteiger partial charge in [0.15, 0.2) is 0 Å². The minimum atomic E-state index is -4.69. The van der Waals surface area contributed by atoms with Crippen LogP contribution in [0.25, 0.3) is 0 Å². The second kappa shape index (κ2) is 9.93. The molecule has 0 unspecified atom stereocenters. The monoisotopic (exact) mass is 576 g/mol. The number of carbonyl (C=O) groups excluding carboxylic acids is 3. The Morgan fingerprint density at radius 1 is 0.878 bits per heavy atom. The predicted octanol–water partition coefficient (Wildman–Crippen LogP) is 6.38. The van der Waals surface area contributed by atoms with Crippen LogP contribution in [0, 0.1) is 5.41 Å². The highest BCUT2D eigenvalue weighted by atomic mass is 19.4. The van der Waals surface area contributed by atoms with Gasteiger partial charge in [0.05, 0.1) is 22.7 Å². The van der Waals surface area contributed by atoms with E-state index in [0.29, 0.717) is 11.6 Å². The van der Waals surface area contributed by atoms with E-state index in [9.17, 15) is 40.7 Å². The van der Waals surface area contributed by atoms with Crippen LogP contribution in [-0.2, 0) is 17.1 Å². The number of halogens is 6. The Labute approximate surface area is 229 Å². The van der Waals surface area contributed by atoms with Crippen LogP contribution >= 0.6 is 0 Å². The van der Waals surface area contributed by atoms with Crippen molar-refractivity contribution in [2.45, 2.75) is 44.3 Å². The zero-order valence-corrected chi connectivity index (χ0v) is 21.3. The van der Waals surface area contributed by atoms with Gasteiger partial charge in [0.25, 0.3) is 5.91 Å². The zero-order chi connectivity index (χ0) is 29.7. The number of para-hydroxylation sites is 1. The number of likely N-dealkylation sites (tertiary alicyclic amines) is 1. The number of benzene rings is 3. The molecule has 3 aromatic carbocycles. The van der Waals surface area contributed by atoms with Crippen LogP contribution in [0.15, 0.2) is 72.8 Å². The average Bonchev–Trinajstić information content (AvgIpc) is 3.35. The zero-order valence-electron chi connectivity index (χ0n) is 21.3. The molecule has 0 bridgehead atoms. The van der Waals surface area contributed by atoms with E-state index in [1.165, 1.54) is 29.2 Å². The second-order valence-electron chi connectivity index (χ2n) is 10.3. The summed E-state index contributed by atoms with van der Waals surface area (Å²) in [6, 6.07) is 12.9. The number of ether oxygens (including phenoxy) is 1. The van der Waals surface area contributed by atoms with Gasteiger partial charge in [0, 0.05) is 23.0 Å². The van der Waals surface area contributed by atoms with Crippen LogP contribution in [0.2, 0.25) is 0 Å². The van der Waals surface area contributed by atoms with Gasteiger partial charge in [-0.05, 0) is 48.9 Å². The molecular weight excluding hydrogens is 554 g/mol. The summed E-state index contributed by atoms with van der Waals surface area (Å²) < 4.78 is 85.2. The molecule has 2 amide bonds. The van der Waals surface area contributed by atoms with Crippen molar-refractivity contribution >= 4 is 17.8 Å². The van der Waals surface area contributed by atoms with Crippen LogP contribution in [0.5, 0.6) is 5.75 Å². The van der Waals surface area contributed by atoms with Crippen molar-refractivity contribution in [3.63, 3.8) is 0 Å². The molecule has 0 saturated carbocycles. The molecule has 6 nitrogen and oxygen atoms in total. The van der Waals surface area contributed by atoms with Gasteiger partial charge in [-0.3, -0.25) is 9.59 Å². The first kappa shape index (κ1) is 28.2. The second-order valence-corrected chi connectivity index (χ2v) is 10.3. The summed E-state index contributed by atoms with van der Waals surface area (Å²) in [5, 5.41) is 2.74. The van der Waals surface area contributed by atoms with E-state index in [1.807, 2.05) is 0 Å². The molecule has 12 heteroatoms. The number of nitrogens with one attached hydrogen (secondary N) is 1. The molecule has 3 atom stereocenters. The SMILES string of the molecule is C[C@@]12CC(=O)N[C@@H]1N(C(=O)c1cccc(C(F)(F)F)c1)[C@H](c1ccccc1OC(=O)c1cccc(C(F)(F)F)c1)C2. The van der Waals surface area contributed by atoms with E-state index >= 15 is 0 Å². The molecule has 3 aromatic rings. The number of carbonyl (C=O) groups is 3. The molecule has 5 rings (SSSR count). The van der Waals surface area contributed by atoms with E-state index in [-0.39, 0.29) is 35.6 Å². The third-order valence-corrected chi connectivity index (χ3v) is 7.37. The van der Waals surface area contributed by atoms with Crippen LogP contribution in [0.4, 0.5) is 26.3 Å². The van der Waals surface area contributed by atoms with Crippen molar-refractivity contribution in [3.8, 4) is 5.75 Å². The minimum absolute atomic E-state index is 0.0448. The van der Waals surface area contributed by atoms with Gasteiger partial charge in [-0.25, -0.2) is 4.79 Å². The number of hydrogen-bond acceptors (Lipinski definition) is 4. The van der Waals surface area contributed by atoms with Gasteiger partial charge in [0.1, 0.15) is 11.9 Å². The van der Waals surface area contributed by atoms with Crippen molar-refractivity contribution in [3.05, 3.63) is 101 Å². The molecule has 214 valence electrons. The van der Waals surface area contributed by atoms with Gasteiger partial charge < -0.3 is 15.0 Å². The fraction of sp³-hybridized carbons (Fsp3) is 0.276. The standard InChI is InChI=1S/C29H22F6N2O4/c1-27-14-21(20-10-2-3-11-22(20)41-25(40)17-7-5-9-19(13-17)29(33,34)35)37(26(27)36-23(38)15-27)24(39)16-6-4-8-18(12-16)28(30,31)32/h2-13,21,26H,14-15H2,1H3,(H,36,38)/t21-,26+,27+/m0/s1. The first-order valence-electron chi connectivity index (χ1n) is 12.4. The lowest BCUT2D eigenvalue weighted by molar-refractivity contribution is -0.138. The fourth-order valence-electron chi connectivity index (χ4n) is 5.48. The largest absolute Gasteiger partial charge is 0.423 e. The van der Waals surface area contributed by atoms with E-state index in [2.05, 4.69) is 5.32 Å². The number of hydrogen-bond donors (Lipinski definition) is 1. The van der Waals surface area contributed by atoms with Gasteiger partial charge >= 0.3 is 18.3 Å². The first-order chi connectivity index (χ1) is 19.2. The van der Waals surface area contributed by atoms with Gasteiger partial charge in [-0.1, -0.05) is 37.3 Å². The van der Waals surface area contributed by atoms with Gasteiger partial charge in [-0.2, -0.15) is 26.3 Å². The molecule has 2 aliphatic heterocycles. The number of nitrogens with zero attached hydrogens (tertiary/aromatic N) is 1. The Morgan fingerprint density at radius 3 is 2.10 bits per heavy atom. The third kappa shape index (κ3) is 5.38. The van der Waals surface area contributed by atoms with Crippen LogP contribution in [-0.4, -0.2) is 28.8 Å². The Kier molecular flexibility index (Phi) is 6.83. The third-order valence-electron chi connectivity index (χ3n) is 7.37. The van der Waals surface area contributed by atoms with Gasteiger partial charge in [-0.15, -0.1) is 0 Å². The molecule has 0 aliphatic carbocycles. The topological polar surface area (TPSA) is 75.7 Å². The number of fused-ring (bicyclic) bond motifs is 1. The maximum atomic E-state index is 13.8. The highest BCUT2D eigenvalue weighted by Gasteiger charge is 2.57. The average molecular weight is 576 g/mol. The summed E-state index contributed by atoms with van der Waals surface area (Å²) in [7, 11) is 0. The minimum Gasteiger partial charge on any atom is -0.423 e. The Morgan fingerprint density at radius 2 is 1.46 bits per heavy atom. The molecule has 2 heterocycles. The molecule has 2 saturated heterocycles. The van der Waals surface area contributed by atoms with Crippen molar-refractivity contribution in [2.75, 3.05) is 0 Å².